The fraction of sp³-hybridized carbons (Fsp3) is 0.500. The van der Waals surface area contributed by atoms with E-state index in [1.54, 1.807) is 34.6 Å². The van der Waals surface area contributed by atoms with Crippen molar-refractivity contribution in [1.82, 2.24) is 19.7 Å². The van der Waals surface area contributed by atoms with Gasteiger partial charge in [-0.25, -0.2) is 23.6 Å². The number of ether oxygens (including phenoxy) is 3. The number of amides is 1. The lowest BCUT2D eigenvalue weighted by molar-refractivity contribution is -0.0229. The molecule has 1 fully saturated rings. The van der Waals surface area contributed by atoms with Crippen LogP contribution in [0.15, 0.2) is 12.3 Å². The van der Waals surface area contributed by atoms with Gasteiger partial charge in [-0.05, 0) is 34.6 Å². The molecule has 2 aromatic rings. The zero-order chi connectivity index (χ0) is 22.2. The minimum atomic E-state index is -0.635. The van der Waals surface area contributed by atoms with Crippen molar-refractivity contribution < 1.29 is 28.2 Å². The molecule has 3 rings (SSSR count). The minimum absolute atomic E-state index is 0.0130. The molecule has 162 valence electrons. The maximum absolute atomic E-state index is 14.3. The number of aromatic nitrogens is 3. The van der Waals surface area contributed by atoms with E-state index in [2.05, 4.69) is 10.1 Å². The van der Waals surface area contributed by atoms with E-state index >= 15 is 0 Å². The van der Waals surface area contributed by atoms with Crippen LogP contribution in [0.25, 0.3) is 5.82 Å². The number of hydrogen-bond acceptors (Lipinski definition) is 7. The first-order chi connectivity index (χ1) is 14.0. The predicted octanol–water partition coefficient (Wildman–Crippen LogP) is 2.81. The standard InChI is InChI=1S/C20H25FN4O5/c1-11-17(18(26)28-6)12(2)25(23-11)16-7-15(14(21)8-22-16)29-13-9-24(10-13)19(27)30-20(3,4)5/h7-8,13H,9-10H2,1-6H3. The van der Waals surface area contributed by atoms with E-state index in [-0.39, 0.29) is 11.9 Å². The number of pyridine rings is 1. The van der Waals surface area contributed by atoms with Gasteiger partial charge in [0.05, 0.1) is 37.8 Å². The number of carbonyl (C=O) groups is 2. The van der Waals surface area contributed by atoms with Crippen molar-refractivity contribution in [2.75, 3.05) is 20.2 Å². The Labute approximate surface area is 173 Å². The number of halogens is 1. The van der Waals surface area contributed by atoms with Gasteiger partial charge in [0.25, 0.3) is 0 Å². The van der Waals surface area contributed by atoms with Crippen LogP contribution in [-0.4, -0.2) is 63.6 Å². The molecule has 0 N–H and O–H groups in total. The first-order valence-corrected chi connectivity index (χ1v) is 9.45. The SMILES string of the molecule is COC(=O)c1c(C)nn(-c2cc(OC3CN(C(=O)OC(C)(C)C)C3)c(F)cn2)c1C. The molecule has 0 atom stereocenters. The topological polar surface area (TPSA) is 95.8 Å². The van der Waals surface area contributed by atoms with Crippen LogP contribution < -0.4 is 4.74 Å². The third-order valence-corrected chi connectivity index (χ3v) is 4.50. The summed E-state index contributed by atoms with van der Waals surface area (Å²) >= 11 is 0. The van der Waals surface area contributed by atoms with Crippen LogP contribution in [0.1, 0.15) is 42.5 Å². The highest BCUT2D eigenvalue weighted by atomic mass is 19.1. The lowest BCUT2D eigenvalue weighted by Crippen LogP contribution is -2.57. The summed E-state index contributed by atoms with van der Waals surface area (Å²) < 4.78 is 31.5. The maximum Gasteiger partial charge on any atom is 0.410 e. The second kappa shape index (κ2) is 7.92. The molecule has 0 bridgehead atoms. The zero-order valence-corrected chi connectivity index (χ0v) is 17.9. The van der Waals surface area contributed by atoms with E-state index in [1.807, 2.05) is 0 Å². The van der Waals surface area contributed by atoms with E-state index in [4.69, 9.17) is 14.2 Å². The lowest BCUT2D eigenvalue weighted by atomic mass is 10.1. The van der Waals surface area contributed by atoms with Gasteiger partial charge in [-0.3, -0.25) is 0 Å². The molecule has 1 aliphatic heterocycles. The molecule has 1 amide bonds. The number of methoxy groups -OCH3 is 1. The lowest BCUT2D eigenvalue weighted by Gasteiger charge is -2.39. The third-order valence-electron chi connectivity index (χ3n) is 4.50. The van der Waals surface area contributed by atoms with Gasteiger partial charge in [-0.1, -0.05) is 0 Å². The van der Waals surface area contributed by atoms with E-state index in [0.29, 0.717) is 35.9 Å². The van der Waals surface area contributed by atoms with Crippen LogP contribution >= 0.6 is 0 Å². The Kier molecular flexibility index (Phi) is 5.69. The van der Waals surface area contributed by atoms with Crippen molar-refractivity contribution in [3.05, 3.63) is 35.0 Å². The van der Waals surface area contributed by atoms with Crippen LogP contribution in [0.2, 0.25) is 0 Å². The first kappa shape index (κ1) is 21.5. The van der Waals surface area contributed by atoms with E-state index in [1.165, 1.54) is 22.8 Å². The number of nitrogens with zero attached hydrogens (tertiary/aromatic N) is 4. The second-order valence-corrected chi connectivity index (χ2v) is 8.05. The number of carbonyl (C=O) groups excluding carboxylic acids is 2. The summed E-state index contributed by atoms with van der Waals surface area (Å²) in [7, 11) is 1.29. The smallest absolute Gasteiger partial charge is 0.410 e. The molecule has 1 aliphatic rings. The zero-order valence-electron chi connectivity index (χ0n) is 17.9. The summed E-state index contributed by atoms with van der Waals surface area (Å²) in [6, 6.07) is 1.41. The summed E-state index contributed by atoms with van der Waals surface area (Å²) in [5, 5.41) is 4.31. The van der Waals surface area contributed by atoms with E-state index in [0.717, 1.165) is 6.20 Å². The van der Waals surface area contributed by atoms with Gasteiger partial charge in [0.2, 0.25) is 0 Å². The molecule has 3 heterocycles. The number of rotatable bonds is 4. The third kappa shape index (κ3) is 4.37. The predicted molar refractivity (Wildman–Crippen MR) is 104 cm³/mol. The Hall–Kier alpha value is -3.17. The molecule has 0 spiro atoms. The van der Waals surface area contributed by atoms with Crippen LogP contribution in [0, 0.1) is 19.7 Å². The van der Waals surface area contributed by atoms with Crippen LogP contribution in [0.3, 0.4) is 0 Å². The summed E-state index contributed by atoms with van der Waals surface area (Å²) in [5.41, 5.74) is 0.736. The quantitative estimate of drug-likeness (QED) is 0.702. The number of esters is 1. The van der Waals surface area contributed by atoms with E-state index in [9.17, 15) is 14.0 Å². The highest BCUT2D eigenvalue weighted by Gasteiger charge is 2.35. The second-order valence-electron chi connectivity index (χ2n) is 8.05. The van der Waals surface area contributed by atoms with Gasteiger partial charge in [0.15, 0.2) is 17.4 Å². The molecule has 10 heteroatoms. The first-order valence-electron chi connectivity index (χ1n) is 9.45. The minimum Gasteiger partial charge on any atom is -0.483 e. The fourth-order valence-corrected chi connectivity index (χ4v) is 3.05. The summed E-state index contributed by atoms with van der Waals surface area (Å²) in [6.07, 6.45) is 0.230. The van der Waals surface area contributed by atoms with Gasteiger partial charge >= 0.3 is 12.1 Å². The molecular weight excluding hydrogens is 395 g/mol. The average Bonchev–Trinajstić information content (AvgIpc) is 2.91. The van der Waals surface area contributed by atoms with Crippen LogP contribution in [-0.2, 0) is 9.47 Å². The highest BCUT2D eigenvalue weighted by molar-refractivity contribution is 5.91. The Morgan fingerprint density at radius 1 is 1.23 bits per heavy atom. The molecule has 1 saturated heterocycles. The summed E-state index contributed by atoms with van der Waals surface area (Å²) in [4.78, 5) is 29.5. The normalized spacial score (nSPS) is 14.3. The largest absolute Gasteiger partial charge is 0.483 e. The van der Waals surface area contributed by atoms with Crippen molar-refractivity contribution in [3.8, 4) is 11.6 Å². The maximum atomic E-state index is 14.3. The highest BCUT2D eigenvalue weighted by Crippen LogP contribution is 2.26. The number of hydrogen-bond donors (Lipinski definition) is 0. The van der Waals surface area contributed by atoms with Gasteiger partial charge in [-0.15, -0.1) is 0 Å². The van der Waals surface area contributed by atoms with Gasteiger partial charge in [0.1, 0.15) is 17.3 Å². The van der Waals surface area contributed by atoms with Gasteiger partial charge in [-0.2, -0.15) is 5.10 Å². The molecule has 30 heavy (non-hydrogen) atoms. The molecule has 0 unspecified atom stereocenters. The van der Waals surface area contributed by atoms with Crippen LogP contribution in [0.5, 0.6) is 5.75 Å². The van der Waals surface area contributed by atoms with Crippen molar-refractivity contribution in [2.24, 2.45) is 0 Å². The van der Waals surface area contributed by atoms with Crippen LogP contribution in [0.4, 0.5) is 9.18 Å². The number of likely N-dealkylation sites (tertiary alicyclic amines) is 1. The Morgan fingerprint density at radius 2 is 1.90 bits per heavy atom. The Balaban J connectivity index is 1.74. The van der Waals surface area contributed by atoms with Crippen molar-refractivity contribution in [1.29, 1.82) is 0 Å². The van der Waals surface area contributed by atoms with Gasteiger partial charge < -0.3 is 19.1 Å². The van der Waals surface area contributed by atoms with E-state index < -0.39 is 23.5 Å². The molecule has 0 aromatic carbocycles. The molecule has 0 aliphatic carbocycles. The Bertz CT molecular complexity index is 976. The average molecular weight is 420 g/mol. The molecule has 0 radical (unpaired) electrons. The van der Waals surface area contributed by atoms with Crippen molar-refractivity contribution >= 4 is 12.1 Å². The number of aryl methyl sites for hydroxylation is 1. The van der Waals surface area contributed by atoms with Crippen molar-refractivity contribution in [2.45, 2.75) is 46.3 Å². The molecule has 2 aromatic heterocycles. The fourth-order valence-electron chi connectivity index (χ4n) is 3.05. The monoisotopic (exact) mass is 420 g/mol. The summed E-state index contributed by atoms with van der Waals surface area (Å²) in [5.74, 6) is -0.859. The molecular formula is C20H25FN4O5. The molecule has 0 saturated carbocycles. The van der Waals surface area contributed by atoms with Crippen molar-refractivity contribution in [3.63, 3.8) is 0 Å². The Morgan fingerprint density at radius 3 is 2.50 bits per heavy atom. The summed E-state index contributed by atoms with van der Waals surface area (Å²) in [6.45, 7) is 9.32. The molecule has 9 nitrogen and oxygen atoms in total. The van der Waals surface area contributed by atoms with Gasteiger partial charge in [0, 0.05) is 6.07 Å².